The first-order valence-electron chi connectivity index (χ1n) is 10.8. The van der Waals surface area contributed by atoms with E-state index in [-0.39, 0.29) is 19.3 Å². The second-order valence-corrected chi connectivity index (χ2v) is 7.32. The van der Waals surface area contributed by atoms with Crippen molar-refractivity contribution in [1.82, 2.24) is 10.8 Å². The van der Waals surface area contributed by atoms with Gasteiger partial charge >= 0.3 is 0 Å². The summed E-state index contributed by atoms with van der Waals surface area (Å²) >= 11 is 0. The summed E-state index contributed by atoms with van der Waals surface area (Å²) in [6.07, 6.45) is 0.788. The molecule has 0 aromatic heterocycles. The van der Waals surface area contributed by atoms with Gasteiger partial charge in [-0.2, -0.15) is 0 Å². The lowest BCUT2D eigenvalue weighted by molar-refractivity contribution is -0.134. The van der Waals surface area contributed by atoms with Crippen LogP contribution in [0.4, 0.5) is 0 Å². The first kappa shape index (κ1) is 26.3. The molecule has 9 heteroatoms. The summed E-state index contributed by atoms with van der Waals surface area (Å²) in [4.78, 5) is 24.7. The van der Waals surface area contributed by atoms with Crippen molar-refractivity contribution in [2.24, 2.45) is 5.92 Å². The second-order valence-electron chi connectivity index (χ2n) is 7.32. The first-order valence-corrected chi connectivity index (χ1v) is 10.8. The fourth-order valence-corrected chi connectivity index (χ4v) is 3.08. The van der Waals surface area contributed by atoms with Crippen LogP contribution in [0.2, 0.25) is 0 Å². The van der Waals surface area contributed by atoms with Crippen molar-refractivity contribution in [3.05, 3.63) is 60.2 Å². The molecular weight excluding hydrogens is 428 g/mol. The quantitative estimate of drug-likeness (QED) is 0.162. The molecule has 2 aromatic carbocycles. The number of carbonyl (C=O) groups is 2. The van der Waals surface area contributed by atoms with Crippen LogP contribution in [-0.2, 0) is 19.0 Å². The Kier molecular flexibility index (Phi) is 11.9. The Morgan fingerprint density at radius 3 is 2.30 bits per heavy atom. The number of methoxy groups -OCH3 is 1. The molecule has 0 aliphatic carbocycles. The van der Waals surface area contributed by atoms with Crippen LogP contribution >= 0.6 is 0 Å². The fourth-order valence-electron chi connectivity index (χ4n) is 3.08. The fraction of sp³-hybridized carbons (Fsp3) is 0.417. The van der Waals surface area contributed by atoms with Crippen LogP contribution in [0, 0.1) is 5.92 Å². The summed E-state index contributed by atoms with van der Waals surface area (Å²) < 4.78 is 21.5. The van der Waals surface area contributed by atoms with E-state index in [0.717, 1.165) is 0 Å². The highest BCUT2D eigenvalue weighted by Gasteiger charge is 2.23. The van der Waals surface area contributed by atoms with Crippen LogP contribution in [0.1, 0.15) is 30.1 Å². The van der Waals surface area contributed by atoms with Crippen LogP contribution in [-0.4, -0.2) is 56.8 Å². The molecule has 2 atom stereocenters. The first-order chi connectivity index (χ1) is 16.1. The molecule has 0 aliphatic heterocycles. The van der Waals surface area contributed by atoms with E-state index < -0.39 is 17.9 Å². The molecule has 9 nitrogen and oxygen atoms in total. The minimum Gasteiger partial charge on any atom is -0.457 e. The molecule has 0 saturated carbocycles. The van der Waals surface area contributed by atoms with E-state index in [9.17, 15) is 9.59 Å². The third-order valence-corrected chi connectivity index (χ3v) is 4.89. The third kappa shape index (κ3) is 9.58. The Morgan fingerprint density at radius 1 is 0.970 bits per heavy atom. The maximum absolute atomic E-state index is 12.8. The zero-order valence-corrected chi connectivity index (χ0v) is 19.0. The normalized spacial score (nSPS) is 12.6. The summed E-state index contributed by atoms with van der Waals surface area (Å²) in [6, 6.07) is 15.6. The summed E-state index contributed by atoms with van der Waals surface area (Å²) in [5, 5.41) is 11.9. The predicted molar refractivity (Wildman–Crippen MR) is 121 cm³/mol. The lowest BCUT2D eigenvalue weighted by Gasteiger charge is -2.23. The molecule has 0 fully saturated rings. The van der Waals surface area contributed by atoms with Crippen LogP contribution in [0.3, 0.4) is 0 Å². The number of benzene rings is 2. The Labute approximate surface area is 193 Å². The van der Waals surface area contributed by atoms with Gasteiger partial charge in [-0.1, -0.05) is 25.1 Å². The van der Waals surface area contributed by atoms with E-state index in [0.29, 0.717) is 43.1 Å². The van der Waals surface area contributed by atoms with Gasteiger partial charge in [-0.3, -0.25) is 14.8 Å². The second kappa shape index (κ2) is 15.0. The molecule has 2 amide bonds. The van der Waals surface area contributed by atoms with Crippen molar-refractivity contribution in [2.45, 2.75) is 25.8 Å². The monoisotopic (exact) mass is 460 g/mol. The van der Waals surface area contributed by atoms with Crippen LogP contribution < -0.4 is 15.5 Å². The zero-order chi connectivity index (χ0) is 23.9. The number of hydrogen-bond donors (Lipinski definition) is 3. The number of hydroxylamine groups is 1. The van der Waals surface area contributed by atoms with E-state index in [1.165, 1.54) is 0 Å². The molecule has 0 saturated heterocycles. The van der Waals surface area contributed by atoms with Gasteiger partial charge in [0.05, 0.1) is 25.9 Å². The number of rotatable bonds is 15. The van der Waals surface area contributed by atoms with E-state index >= 15 is 0 Å². The number of carbonyl (C=O) groups excluding carboxylic acids is 2. The molecule has 33 heavy (non-hydrogen) atoms. The maximum Gasteiger partial charge on any atom is 0.251 e. The van der Waals surface area contributed by atoms with Crippen LogP contribution in [0.25, 0.3) is 0 Å². The minimum atomic E-state index is -0.504. The number of ether oxygens (including phenoxy) is 4. The molecule has 0 radical (unpaired) electrons. The van der Waals surface area contributed by atoms with Gasteiger partial charge in [-0.05, 0) is 49.2 Å². The molecule has 0 heterocycles. The van der Waals surface area contributed by atoms with Crippen molar-refractivity contribution < 1.29 is 33.7 Å². The number of amides is 2. The van der Waals surface area contributed by atoms with Crippen molar-refractivity contribution in [3.63, 3.8) is 0 Å². The Morgan fingerprint density at radius 2 is 1.67 bits per heavy atom. The van der Waals surface area contributed by atoms with Gasteiger partial charge in [0.25, 0.3) is 5.91 Å². The van der Waals surface area contributed by atoms with Crippen LogP contribution in [0.5, 0.6) is 11.5 Å². The van der Waals surface area contributed by atoms with Crippen molar-refractivity contribution in [2.75, 3.05) is 33.7 Å². The minimum absolute atomic E-state index is 0.0320. The highest BCUT2D eigenvalue weighted by Crippen LogP contribution is 2.21. The van der Waals surface area contributed by atoms with Gasteiger partial charge in [0.1, 0.15) is 18.3 Å². The van der Waals surface area contributed by atoms with Gasteiger partial charge < -0.3 is 24.3 Å². The summed E-state index contributed by atoms with van der Waals surface area (Å²) in [7, 11) is 1.58. The maximum atomic E-state index is 12.8. The number of para-hydroxylation sites is 1. The van der Waals surface area contributed by atoms with Gasteiger partial charge in [-0.15, -0.1) is 0 Å². The zero-order valence-electron chi connectivity index (χ0n) is 19.0. The lowest BCUT2D eigenvalue weighted by atomic mass is 9.96. The number of hydrogen-bond acceptors (Lipinski definition) is 7. The van der Waals surface area contributed by atoms with Crippen molar-refractivity contribution in [3.8, 4) is 11.5 Å². The summed E-state index contributed by atoms with van der Waals surface area (Å²) in [5.74, 6) is 0.00814. The van der Waals surface area contributed by atoms with Gasteiger partial charge in [-0.25, -0.2) is 5.48 Å². The molecule has 0 aliphatic rings. The van der Waals surface area contributed by atoms with E-state index in [1.807, 2.05) is 37.3 Å². The van der Waals surface area contributed by atoms with Gasteiger partial charge in [0.15, 0.2) is 0 Å². The third-order valence-electron chi connectivity index (χ3n) is 4.89. The molecule has 0 bridgehead atoms. The average Bonchev–Trinajstić information content (AvgIpc) is 2.84. The highest BCUT2D eigenvalue weighted by atomic mass is 16.7. The molecular formula is C24H32N2O7. The summed E-state index contributed by atoms with van der Waals surface area (Å²) in [5.41, 5.74) is 2.12. The molecule has 0 spiro atoms. The van der Waals surface area contributed by atoms with Gasteiger partial charge in [0.2, 0.25) is 5.91 Å². The van der Waals surface area contributed by atoms with Crippen molar-refractivity contribution >= 4 is 11.8 Å². The molecule has 3 N–H and O–H groups in total. The van der Waals surface area contributed by atoms with E-state index in [1.54, 1.807) is 36.9 Å². The van der Waals surface area contributed by atoms with Gasteiger partial charge in [0, 0.05) is 18.6 Å². The molecule has 180 valence electrons. The smallest absolute Gasteiger partial charge is 0.251 e. The molecule has 2 aromatic rings. The predicted octanol–water partition coefficient (Wildman–Crippen LogP) is 3.14. The Bertz CT molecular complexity index is 830. The molecule has 2 rings (SSSR count). The van der Waals surface area contributed by atoms with E-state index in [2.05, 4.69) is 5.32 Å². The Hall–Kier alpha value is -2.98. The number of nitrogens with one attached hydrogen (secondary N) is 2. The Balaban J connectivity index is 1.97. The highest BCUT2D eigenvalue weighted by molar-refractivity contribution is 5.94. The van der Waals surface area contributed by atoms with Crippen molar-refractivity contribution in [1.29, 1.82) is 0 Å². The average molecular weight is 461 g/mol. The topological polar surface area (TPSA) is 115 Å². The van der Waals surface area contributed by atoms with E-state index in [4.69, 9.17) is 24.2 Å². The largest absolute Gasteiger partial charge is 0.457 e. The van der Waals surface area contributed by atoms with Crippen LogP contribution in [0.15, 0.2) is 54.6 Å². The summed E-state index contributed by atoms with van der Waals surface area (Å²) in [6.45, 7) is 2.84. The standard InChI is InChI=1S/C24H32N2O7/c1-3-18(24(28)26-29)15-20(16-32-17-31-14-13-30-2)25-23(27)19-9-11-22(12-10-19)33-21-7-5-4-6-8-21/h4-12,18,20,29H,3,13-17H2,1-2H3,(H,25,27)(H,26,28)/t18-,20-/m0/s1. The lowest BCUT2D eigenvalue weighted by Crippen LogP contribution is -2.42. The SMILES string of the molecule is CC[C@@H](C[C@@H](COCOCCOC)NC(=O)c1ccc(Oc2ccccc2)cc1)C(=O)NO. The molecule has 0 unspecified atom stereocenters.